The molecule has 34 heavy (non-hydrogen) atoms. The Morgan fingerprint density at radius 1 is 1.12 bits per heavy atom. The number of cyclic esters (lactones) is 1. The lowest BCUT2D eigenvalue weighted by Gasteiger charge is -2.24. The van der Waals surface area contributed by atoms with Gasteiger partial charge in [0.15, 0.2) is 5.78 Å². The maximum Gasteiger partial charge on any atom is 0.414 e. The largest absolute Gasteiger partial charge is 0.481 e. The van der Waals surface area contributed by atoms with Crippen molar-refractivity contribution in [1.29, 1.82) is 0 Å². The quantitative estimate of drug-likeness (QED) is 0.564. The zero-order valence-corrected chi connectivity index (χ0v) is 18.1. The van der Waals surface area contributed by atoms with Crippen molar-refractivity contribution in [1.82, 2.24) is 5.06 Å². The van der Waals surface area contributed by atoms with Gasteiger partial charge >= 0.3 is 12.1 Å². The zero-order valence-electron chi connectivity index (χ0n) is 18.1. The molecule has 2 fully saturated rings. The molecule has 3 rings (SSSR count). The fourth-order valence-electron chi connectivity index (χ4n) is 3.64. The van der Waals surface area contributed by atoms with E-state index in [1.54, 1.807) is 4.90 Å². The normalized spacial score (nSPS) is 18.8. The first-order valence-corrected chi connectivity index (χ1v) is 10.6. The molecule has 0 saturated carbocycles. The van der Waals surface area contributed by atoms with E-state index in [2.05, 4.69) is 0 Å². The number of Topliss-reactive ketones (excluding diaryl/α,β-unsaturated/α-hetero) is 1. The van der Waals surface area contributed by atoms with Crippen molar-refractivity contribution in [3.63, 3.8) is 0 Å². The van der Waals surface area contributed by atoms with E-state index in [1.165, 1.54) is 17.0 Å². The molecule has 0 bridgehead atoms. The van der Waals surface area contributed by atoms with E-state index in [-0.39, 0.29) is 63.4 Å². The lowest BCUT2D eigenvalue weighted by atomic mass is 10.1. The number of carboxylic acid groups (broad SMARTS) is 1. The van der Waals surface area contributed by atoms with Gasteiger partial charge < -0.3 is 14.7 Å². The summed E-state index contributed by atoms with van der Waals surface area (Å²) in [5.74, 6) is -3.43. The van der Waals surface area contributed by atoms with Crippen molar-refractivity contribution >= 4 is 35.1 Å². The van der Waals surface area contributed by atoms with Crippen molar-refractivity contribution in [3.05, 3.63) is 24.0 Å². The second-order valence-electron chi connectivity index (χ2n) is 7.77. The van der Waals surface area contributed by atoms with Crippen LogP contribution in [0.3, 0.4) is 0 Å². The minimum absolute atomic E-state index is 0.000886. The predicted octanol–water partition coefficient (Wildman–Crippen LogP) is 2.21. The van der Waals surface area contributed by atoms with Crippen molar-refractivity contribution in [2.75, 3.05) is 42.6 Å². The molecule has 1 N–H and O–H groups in total. The number of carbonyl (C=O) groups excluding carboxylic acids is 3. The van der Waals surface area contributed by atoms with Crippen LogP contribution in [0, 0.1) is 5.82 Å². The van der Waals surface area contributed by atoms with Crippen LogP contribution in [0.25, 0.3) is 0 Å². The van der Waals surface area contributed by atoms with Crippen LogP contribution in [0.15, 0.2) is 18.2 Å². The summed E-state index contributed by atoms with van der Waals surface area (Å²) in [5.41, 5.74) is 0.435. The van der Waals surface area contributed by atoms with Crippen LogP contribution < -0.4 is 9.80 Å². The van der Waals surface area contributed by atoms with Gasteiger partial charge in [0.2, 0.25) is 5.91 Å². The average molecular weight is 487 g/mol. The first kappa shape index (κ1) is 25.3. The Balaban J connectivity index is 1.59. The number of carboxylic acids is 1. The molecule has 1 aromatic carbocycles. The van der Waals surface area contributed by atoms with Gasteiger partial charge in [-0.25, -0.2) is 23.0 Å². The molecule has 2 amide bonds. The summed E-state index contributed by atoms with van der Waals surface area (Å²) >= 11 is 0. The summed E-state index contributed by atoms with van der Waals surface area (Å²) in [5, 5.41) is 9.78. The fraction of sp³-hybridized carbons (Fsp3) is 0.524. The number of benzene rings is 1. The van der Waals surface area contributed by atoms with E-state index in [1.807, 2.05) is 0 Å². The van der Waals surface area contributed by atoms with E-state index in [0.717, 1.165) is 11.1 Å². The molecule has 0 spiro atoms. The van der Waals surface area contributed by atoms with Crippen molar-refractivity contribution in [3.8, 4) is 0 Å². The minimum Gasteiger partial charge on any atom is -0.481 e. The Labute approximate surface area is 192 Å². The molecule has 2 heterocycles. The Morgan fingerprint density at radius 3 is 2.56 bits per heavy atom. The monoisotopic (exact) mass is 487 g/mol. The number of hydrogen-bond donors (Lipinski definition) is 1. The fourth-order valence-corrected chi connectivity index (χ4v) is 3.64. The summed E-state index contributed by atoms with van der Waals surface area (Å²) in [6, 6.07) is 4.12. The summed E-state index contributed by atoms with van der Waals surface area (Å²) < 4.78 is 44.7. The van der Waals surface area contributed by atoms with E-state index in [9.17, 15) is 32.3 Å². The number of aliphatic carboxylic acids is 1. The van der Waals surface area contributed by atoms with Crippen LogP contribution in [0.5, 0.6) is 0 Å². The van der Waals surface area contributed by atoms with Crippen LogP contribution in [0.1, 0.15) is 25.7 Å². The second-order valence-corrected chi connectivity index (χ2v) is 7.77. The number of rotatable bonds is 9. The lowest BCUT2D eigenvalue weighted by Crippen LogP contribution is -2.34. The minimum atomic E-state index is -3.07. The van der Waals surface area contributed by atoms with Crippen molar-refractivity contribution < 1.29 is 47.0 Å². The SMILES string of the molecule is O=C(O)CCC(=O)N1CCN(c2ccc(N3C[C@H](CCC(=O)C(F)F)OC3=O)cc2F)CCO1. The molecule has 0 unspecified atom stereocenters. The molecule has 2 saturated heterocycles. The van der Waals surface area contributed by atoms with Gasteiger partial charge in [-0.15, -0.1) is 0 Å². The van der Waals surface area contributed by atoms with E-state index >= 15 is 0 Å². The van der Waals surface area contributed by atoms with E-state index < -0.39 is 48.5 Å². The summed E-state index contributed by atoms with van der Waals surface area (Å²) in [7, 11) is 0. The third kappa shape index (κ3) is 6.37. The first-order chi connectivity index (χ1) is 16.2. The number of hydroxylamine groups is 2. The van der Waals surface area contributed by atoms with Gasteiger partial charge in [-0.1, -0.05) is 0 Å². The van der Waals surface area contributed by atoms with Crippen LogP contribution >= 0.6 is 0 Å². The number of carbonyl (C=O) groups is 4. The number of amides is 2. The lowest BCUT2D eigenvalue weighted by molar-refractivity contribution is -0.182. The molecule has 2 aliphatic rings. The highest BCUT2D eigenvalue weighted by molar-refractivity contribution is 5.90. The number of anilines is 2. The van der Waals surface area contributed by atoms with Crippen LogP contribution in [0.2, 0.25) is 0 Å². The van der Waals surface area contributed by atoms with Gasteiger partial charge in [0.05, 0.1) is 37.5 Å². The summed E-state index contributed by atoms with van der Waals surface area (Å²) in [6.07, 6.45) is -5.60. The molecular weight excluding hydrogens is 463 g/mol. The molecule has 0 aliphatic carbocycles. The number of ketones is 1. The number of halogens is 3. The Kier molecular flexibility index (Phi) is 8.31. The number of alkyl halides is 2. The number of hydrogen-bond acceptors (Lipinski definition) is 7. The maximum absolute atomic E-state index is 14.9. The smallest absolute Gasteiger partial charge is 0.414 e. The molecular formula is C21H24F3N3O7. The molecule has 2 aliphatic heterocycles. The van der Waals surface area contributed by atoms with Crippen molar-refractivity contribution in [2.45, 2.75) is 38.2 Å². The first-order valence-electron chi connectivity index (χ1n) is 10.6. The van der Waals surface area contributed by atoms with E-state index in [4.69, 9.17) is 14.7 Å². The molecule has 0 aromatic heterocycles. The molecule has 186 valence electrons. The standard InChI is InChI=1S/C21H24F3N3O7/c22-15-11-13(26-12-14(34-21(26)32)2-4-17(28)20(23)24)1-3-16(15)25-7-8-27(33-10-9-25)18(29)5-6-19(30)31/h1,3,11,14,20H,2,4-10,12H2,(H,30,31)/t14-/m0/s1. The maximum atomic E-state index is 14.9. The van der Waals surface area contributed by atoms with Crippen LogP contribution in [0.4, 0.5) is 29.3 Å². The highest BCUT2D eigenvalue weighted by Crippen LogP contribution is 2.29. The van der Waals surface area contributed by atoms with Crippen molar-refractivity contribution in [2.24, 2.45) is 0 Å². The molecule has 1 atom stereocenters. The van der Waals surface area contributed by atoms with E-state index in [0.29, 0.717) is 0 Å². The predicted molar refractivity (Wildman–Crippen MR) is 111 cm³/mol. The van der Waals surface area contributed by atoms with Gasteiger partial charge in [-0.2, -0.15) is 0 Å². The van der Waals surface area contributed by atoms with Gasteiger partial charge in [-0.05, 0) is 24.6 Å². The Hall–Kier alpha value is -3.35. The molecule has 10 nitrogen and oxygen atoms in total. The molecule has 0 radical (unpaired) electrons. The van der Waals surface area contributed by atoms with Gasteiger partial charge in [0.25, 0.3) is 6.43 Å². The van der Waals surface area contributed by atoms with Gasteiger partial charge in [0, 0.05) is 25.9 Å². The van der Waals surface area contributed by atoms with Gasteiger partial charge in [-0.3, -0.25) is 24.1 Å². The summed E-state index contributed by atoms with van der Waals surface area (Å²) in [4.78, 5) is 54.1. The summed E-state index contributed by atoms with van der Waals surface area (Å²) in [6.45, 7) is 0.694. The Morgan fingerprint density at radius 2 is 1.88 bits per heavy atom. The zero-order chi connectivity index (χ0) is 24.8. The number of ether oxygens (including phenoxy) is 1. The number of nitrogens with zero attached hydrogens (tertiary/aromatic N) is 3. The highest BCUT2D eigenvalue weighted by atomic mass is 19.3. The van der Waals surface area contributed by atoms with Crippen LogP contribution in [-0.4, -0.2) is 79.2 Å². The highest BCUT2D eigenvalue weighted by Gasteiger charge is 2.33. The topological polar surface area (TPSA) is 117 Å². The molecule has 1 aromatic rings. The molecule has 13 heteroatoms. The van der Waals surface area contributed by atoms with Gasteiger partial charge in [0.1, 0.15) is 11.9 Å². The third-order valence-corrected chi connectivity index (χ3v) is 5.43. The third-order valence-electron chi connectivity index (χ3n) is 5.43. The van der Waals surface area contributed by atoms with Crippen LogP contribution in [-0.2, 0) is 24.0 Å². The average Bonchev–Trinajstić information content (AvgIpc) is 3.00. The Bertz CT molecular complexity index is 946. The second kappa shape index (κ2) is 11.2.